The van der Waals surface area contributed by atoms with E-state index in [0.717, 1.165) is 5.57 Å². The van der Waals surface area contributed by atoms with Gasteiger partial charge < -0.3 is 19.5 Å². The molecule has 0 unspecified atom stereocenters. The number of benzene rings is 1. The van der Waals surface area contributed by atoms with Crippen LogP contribution >= 0.6 is 0 Å². The number of carbonyl (C=O) groups is 1. The van der Waals surface area contributed by atoms with Gasteiger partial charge in [0.25, 0.3) is 5.91 Å². The third kappa shape index (κ3) is 2.56. The number of aliphatic hydroxyl groups excluding tert-OH is 1. The molecular formula is C14H17NO4. The number of amides is 1. The molecule has 0 aliphatic carbocycles. The molecule has 19 heavy (non-hydrogen) atoms. The van der Waals surface area contributed by atoms with E-state index < -0.39 is 0 Å². The van der Waals surface area contributed by atoms with E-state index in [-0.39, 0.29) is 19.1 Å². The first-order chi connectivity index (χ1) is 9.06. The quantitative estimate of drug-likeness (QED) is 0.836. The average Bonchev–Trinajstić information content (AvgIpc) is 2.40. The number of aliphatic hydroxyl groups is 1. The minimum atomic E-state index is -0.132. The van der Waals surface area contributed by atoms with Crippen molar-refractivity contribution in [1.82, 2.24) is 0 Å². The molecule has 0 saturated carbocycles. The van der Waals surface area contributed by atoms with Gasteiger partial charge in [-0.1, -0.05) is 12.2 Å². The lowest BCUT2D eigenvalue weighted by atomic mass is 10.1. The number of methoxy groups -OCH3 is 1. The second kappa shape index (κ2) is 5.32. The summed E-state index contributed by atoms with van der Waals surface area (Å²) in [5.41, 5.74) is 2.15. The number of nitrogens with zero attached hydrogens (tertiary/aromatic N) is 1. The van der Waals surface area contributed by atoms with Crippen LogP contribution in [0.2, 0.25) is 0 Å². The molecule has 1 amide bonds. The van der Waals surface area contributed by atoms with Crippen LogP contribution in [-0.2, 0) is 11.4 Å². The van der Waals surface area contributed by atoms with Crippen LogP contribution in [-0.4, -0.2) is 31.3 Å². The molecule has 0 spiro atoms. The number of rotatable bonds is 4. The molecule has 1 aliphatic rings. The maximum atomic E-state index is 11.9. The topological polar surface area (TPSA) is 59.0 Å². The smallest absolute Gasteiger partial charge is 0.265 e. The summed E-state index contributed by atoms with van der Waals surface area (Å²) in [4.78, 5) is 13.5. The lowest BCUT2D eigenvalue weighted by molar-refractivity contribution is -0.121. The van der Waals surface area contributed by atoms with E-state index in [9.17, 15) is 9.90 Å². The van der Waals surface area contributed by atoms with Crippen LogP contribution in [0.4, 0.5) is 5.69 Å². The standard InChI is InChI=1S/C14H17NO4/c1-9(2)6-15-11-4-10(7-16)5-12(18-3)14(11)19-8-13(15)17/h4-5,16H,1,6-8H2,2-3H3. The second-order valence-electron chi connectivity index (χ2n) is 4.53. The monoisotopic (exact) mass is 263 g/mol. The maximum absolute atomic E-state index is 11.9. The molecule has 5 nitrogen and oxygen atoms in total. The Hall–Kier alpha value is -2.01. The maximum Gasteiger partial charge on any atom is 0.265 e. The van der Waals surface area contributed by atoms with E-state index in [1.165, 1.54) is 7.11 Å². The third-order valence-electron chi connectivity index (χ3n) is 2.86. The van der Waals surface area contributed by atoms with E-state index >= 15 is 0 Å². The SMILES string of the molecule is C=C(C)CN1C(=O)COc2c(OC)cc(CO)cc21. The highest BCUT2D eigenvalue weighted by Crippen LogP contribution is 2.41. The number of hydrogen-bond donors (Lipinski definition) is 1. The predicted octanol–water partition coefficient (Wildman–Crippen LogP) is 1.49. The summed E-state index contributed by atoms with van der Waals surface area (Å²) in [5.74, 6) is 0.911. The highest BCUT2D eigenvalue weighted by atomic mass is 16.5. The summed E-state index contributed by atoms with van der Waals surface area (Å²) >= 11 is 0. The Labute approximate surface area is 112 Å². The summed E-state index contributed by atoms with van der Waals surface area (Å²) in [5, 5.41) is 9.28. The van der Waals surface area contributed by atoms with Gasteiger partial charge in [-0.2, -0.15) is 0 Å². The van der Waals surface area contributed by atoms with Crippen molar-refractivity contribution in [2.24, 2.45) is 0 Å². The zero-order valence-electron chi connectivity index (χ0n) is 11.1. The highest BCUT2D eigenvalue weighted by molar-refractivity contribution is 5.99. The van der Waals surface area contributed by atoms with Crippen LogP contribution in [0.3, 0.4) is 0 Å². The van der Waals surface area contributed by atoms with E-state index in [1.807, 2.05) is 6.92 Å². The molecule has 2 rings (SSSR count). The van der Waals surface area contributed by atoms with Crippen LogP contribution in [0.5, 0.6) is 11.5 Å². The molecule has 0 radical (unpaired) electrons. The molecule has 1 N–H and O–H groups in total. The number of anilines is 1. The van der Waals surface area contributed by atoms with Crippen molar-refractivity contribution in [2.45, 2.75) is 13.5 Å². The van der Waals surface area contributed by atoms with E-state index in [2.05, 4.69) is 6.58 Å². The number of carbonyl (C=O) groups excluding carboxylic acids is 1. The largest absolute Gasteiger partial charge is 0.493 e. The van der Waals surface area contributed by atoms with Crippen LogP contribution in [0, 0.1) is 0 Å². The van der Waals surface area contributed by atoms with Crippen LogP contribution in [0.1, 0.15) is 12.5 Å². The Balaban J connectivity index is 2.53. The Morgan fingerprint density at radius 3 is 2.89 bits per heavy atom. The van der Waals surface area contributed by atoms with Crippen LogP contribution in [0.15, 0.2) is 24.3 Å². The predicted molar refractivity (Wildman–Crippen MR) is 71.6 cm³/mol. The fraction of sp³-hybridized carbons (Fsp3) is 0.357. The van der Waals surface area contributed by atoms with Crippen molar-refractivity contribution in [1.29, 1.82) is 0 Å². The Morgan fingerprint density at radius 2 is 2.32 bits per heavy atom. The molecule has 1 aromatic rings. The molecule has 0 bridgehead atoms. The van der Waals surface area contributed by atoms with Crippen LogP contribution in [0.25, 0.3) is 0 Å². The van der Waals surface area contributed by atoms with Gasteiger partial charge in [0, 0.05) is 6.54 Å². The second-order valence-corrected chi connectivity index (χ2v) is 4.53. The molecule has 0 aromatic heterocycles. The molecule has 0 saturated heterocycles. The van der Waals surface area contributed by atoms with Crippen molar-refractivity contribution < 1.29 is 19.4 Å². The molecule has 0 atom stereocenters. The van der Waals surface area contributed by atoms with Gasteiger partial charge in [0.2, 0.25) is 0 Å². The number of ether oxygens (including phenoxy) is 2. The summed E-state index contributed by atoms with van der Waals surface area (Å²) in [6.07, 6.45) is 0. The summed E-state index contributed by atoms with van der Waals surface area (Å²) in [7, 11) is 1.53. The highest BCUT2D eigenvalue weighted by Gasteiger charge is 2.28. The summed E-state index contributed by atoms with van der Waals surface area (Å²) in [6, 6.07) is 3.44. The summed E-state index contributed by atoms with van der Waals surface area (Å²) in [6.45, 7) is 5.96. The first kappa shape index (κ1) is 13.4. The van der Waals surface area contributed by atoms with Crippen LogP contribution < -0.4 is 14.4 Å². The fourth-order valence-electron chi connectivity index (χ4n) is 2.02. The lowest BCUT2D eigenvalue weighted by Gasteiger charge is -2.30. The van der Waals surface area contributed by atoms with Crippen molar-refractivity contribution in [3.63, 3.8) is 0 Å². The van der Waals surface area contributed by atoms with Crippen molar-refractivity contribution >= 4 is 11.6 Å². The van der Waals surface area contributed by atoms with Gasteiger partial charge in [0.15, 0.2) is 18.1 Å². The average molecular weight is 263 g/mol. The van der Waals surface area contributed by atoms with Crippen molar-refractivity contribution in [3.05, 3.63) is 29.8 Å². The molecular weight excluding hydrogens is 246 g/mol. The van der Waals surface area contributed by atoms with Gasteiger partial charge in [0.1, 0.15) is 0 Å². The van der Waals surface area contributed by atoms with E-state index in [0.29, 0.717) is 29.3 Å². The van der Waals surface area contributed by atoms with Gasteiger partial charge in [-0.3, -0.25) is 4.79 Å². The number of hydrogen-bond acceptors (Lipinski definition) is 4. The van der Waals surface area contributed by atoms with Crippen molar-refractivity contribution in [2.75, 3.05) is 25.2 Å². The zero-order chi connectivity index (χ0) is 14.0. The Morgan fingerprint density at radius 1 is 1.58 bits per heavy atom. The van der Waals surface area contributed by atoms with E-state index in [4.69, 9.17) is 9.47 Å². The van der Waals surface area contributed by atoms with Gasteiger partial charge in [0.05, 0.1) is 19.4 Å². The van der Waals surface area contributed by atoms with Crippen molar-refractivity contribution in [3.8, 4) is 11.5 Å². The van der Waals surface area contributed by atoms with Gasteiger partial charge in [-0.15, -0.1) is 0 Å². The minimum absolute atomic E-state index is 0.0187. The van der Waals surface area contributed by atoms with Gasteiger partial charge in [-0.25, -0.2) is 0 Å². The Bertz CT molecular complexity index is 524. The molecule has 1 heterocycles. The molecule has 1 aromatic carbocycles. The fourth-order valence-corrected chi connectivity index (χ4v) is 2.02. The summed E-state index contributed by atoms with van der Waals surface area (Å²) < 4.78 is 10.7. The minimum Gasteiger partial charge on any atom is -0.493 e. The van der Waals surface area contributed by atoms with Gasteiger partial charge in [-0.05, 0) is 24.6 Å². The van der Waals surface area contributed by atoms with Gasteiger partial charge >= 0.3 is 0 Å². The normalized spacial score (nSPS) is 13.8. The first-order valence-corrected chi connectivity index (χ1v) is 5.96. The zero-order valence-corrected chi connectivity index (χ0v) is 11.1. The molecule has 1 aliphatic heterocycles. The first-order valence-electron chi connectivity index (χ1n) is 5.96. The molecule has 0 fully saturated rings. The Kier molecular flexibility index (Phi) is 3.76. The number of fused-ring (bicyclic) bond motifs is 1. The molecule has 102 valence electrons. The lowest BCUT2D eigenvalue weighted by Crippen LogP contribution is -2.39. The third-order valence-corrected chi connectivity index (χ3v) is 2.86. The van der Waals surface area contributed by atoms with E-state index in [1.54, 1.807) is 17.0 Å². The molecule has 5 heteroatoms.